The number of nitrogens with one attached hydrogen (secondary N) is 1. The van der Waals surface area contributed by atoms with Gasteiger partial charge in [0, 0.05) is 6.04 Å². The highest BCUT2D eigenvalue weighted by molar-refractivity contribution is 5.25. The van der Waals surface area contributed by atoms with E-state index in [1.54, 1.807) is 5.57 Å². The van der Waals surface area contributed by atoms with E-state index in [1.807, 2.05) is 5.57 Å². The summed E-state index contributed by atoms with van der Waals surface area (Å²) in [5.41, 5.74) is 3.58. The topological polar surface area (TPSA) is 12.0 Å². The van der Waals surface area contributed by atoms with Gasteiger partial charge in [-0.1, -0.05) is 11.1 Å². The molecular formula is C12H19N. The predicted molar refractivity (Wildman–Crippen MR) is 54.6 cm³/mol. The minimum atomic E-state index is 0.859. The van der Waals surface area contributed by atoms with Crippen molar-refractivity contribution in [3.63, 3.8) is 0 Å². The Balaban J connectivity index is 1.81. The molecule has 2 saturated carbocycles. The maximum atomic E-state index is 3.61. The zero-order valence-corrected chi connectivity index (χ0v) is 8.47. The van der Waals surface area contributed by atoms with Crippen LogP contribution in [-0.4, -0.2) is 12.6 Å². The first kappa shape index (κ1) is 8.05. The lowest BCUT2D eigenvalue weighted by Crippen LogP contribution is -2.37. The van der Waals surface area contributed by atoms with Gasteiger partial charge in [-0.2, -0.15) is 0 Å². The Morgan fingerprint density at radius 1 is 1.31 bits per heavy atom. The first-order chi connectivity index (χ1) is 6.36. The van der Waals surface area contributed by atoms with Crippen LogP contribution in [0.2, 0.25) is 0 Å². The number of hydrogen-bond donors (Lipinski definition) is 1. The average molecular weight is 177 g/mol. The highest BCUT2D eigenvalue weighted by Crippen LogP contribution is 2.46. The van der Waals surface area contributed by atoms with Crippen molar-refractivity contribution in [2.24, 2.45) is 11.8 Å². The SMILES string of the molecule is CC(=C1CCCC1)C1C2CNC1C2. The van der Waals surface area contributed by atoms with Crippen LogP contribution in [0.1, 0.15) is 39.0 Å². The Kier molecular flexibility index (Phi) is 1.76. The first-order valence-electron chi connectivity index (χ1n) is 5.78. The van der Waals surface area contributed by atoms with Crippen LogP contribution in [0.25, 0.3) is 0 Å². The molecule has 4 aliphatic rings. The van der Waals surface area contributed by atoms with Crippen molar-refractivity contribution in [1.29, 1.82) is 0 Å². The second kappa shape index (κ2) is 2.84. The average Bonchev–Trinajstić information content (AvgIpc) is 2.82. The molecule has 0 spiro atoms. The van der Waals surface area contributed by atoms with E-state index >= 15 is 0 Å². The number of hydrogen-bond acceptors (Lipinski definition) is 1. The first-order valence-corrected chi connectivity index (χ1v) is 5.78. The van der Waals surface area contributed by atoms with Crippen molar-refractivity contribution in [1.82, 2.24) is 5.32 Å². The summed E-state index contributed by atoms with van der Waals surface area (Å²) in [6.07, 6.45) is 7.16. The lowest BCUT2D eigenvalue weighted by molar-refractivity contribution is 0.256. The van der Waals surface area contributed by atoms with E-state index in [0.717, 1.165) is 17.9 Å². The van der Waals surface area contributed by atoms with Crippen LogP contribution in [0.15, 0.2) is 11.1 Å². The fraction of sp³-hybridized carbons (Fsp3) is 0.833. The molecule has 0 amide bonds. The Labute approximate surface area is 80.6 Å². The van der Waals surface area contributed by atoms with Gasteiger partial charge in [-0.05, 0) is 57.4 Å². The van der Waals surface area contributed by atoms with Crippen LogP contribution in [0.4, 0.5) is 0 Å². The van der Waals surface area contributed by atoms with E-state index in [-0.39, 0.29) is 0 Å². The van der Waals surface area contributed by atoms with Crippen molar-refractivity contribution >= 4 is 0 Å². The van der Waals surface area contributed by atoms with Crippen molar-refractivity contribution in [3.05, 3.63) is 11.1 Å². The molecule has 1 N–H and O–H groups in total. The molecule has 0 aromatic rings. The molecule has 0 aromatic heterocycles. The number of fused-ring (bicyclic) bond motifs is 1. The third-order valence-corrected chi connectivity index (χ3v) is 4.41. The molecule has 2 saturated heterocycles. The number of allylic oxidation sites excluding steroid dienone is 1. The van der Waals surface area contributed by atoms with Crippen LogP contribution in [0, 0.1) is 11.8 Å². The molecule has 13 heavy (non-hydrogen) atoms. The molecular weight excluding hydrogens is 158 g/mol. The molecule has 4 rings (SSSR count). The largest absolute Gasteiger partial charge is 0.313 e. The zero-order valence-electron chi connectivity index (χ0n) is 8.47. The minimum absolute atomic E-state index is 0.859. The van der Waals surface area contributed by atoms with Gasteiger partial charge in [0.05, 0.1) is 0 Å². The fourth-order valence-corrected chi connectivity index (χ4v) is 3.56. The molecule has 2 aliphatic carbocycles. The molecule has 1 nitrogen and oxygen atoms in total. The van der Waals surface area contributed by atoms with Gasteiger partial charge < -0.3 is 5.32 Å². The van der Waals surface area contributed by atoms with Gasteiger partial charge in [0.25, 0.3) is 0 Å². The Bertz CT molecular complexity index is 232. The quantitative estimate of drug-likeness (QED) is 0.607. The Morgan fingerprint density at radius 3 is 2.62 bits per heavy atom. The second-order valence-electron chi connectivity index (χ2n) is 5.03. The normalized spacial score (nSPS) is 42.2. The van der Waals surface area contributed by atoms with E-state index in [4.69, 9.17) is 0 Å². The summed E-state index contributed by atoms with van der Waals surface area (Å²) in [5.74, 6) is 1.94. The molecule has 0 radical (unpaired) electrons. The summed E-state index contributed by atoms with van der Waals surface area (Å²) in [4.78, 5) is 0. The van der Waals surface area contributed by atoms with Crippen LogP contribution >= 0.6 is 0 Å². The van der Waals surface area contributed by atoms with E-state index in [2.05, 4.69) is 12.2 Å². The Hall–Kier alpha value is -0.300. The standard InChI is InChI=1S/C12H19N/c1-8(9-4-2-3-5-9)12-10-6-11(12)13-7-10/h10-13H,2-7H2,1H3. The lowest BCUT2D eigenvalue weighted by Gasteiger charge is -2.36. The van der Waals surface area contributed by atoms with Gasteiger partial charge in [0.2, 0.25) is 0 Å². The Morgan fingerprint density at radius 2 is 2.08 bits per heavy atom. The fourth-order valence-electron chi connectivity index (χ4n) is 3.56. The summed E-state index contributed by atoms with van der Waals surface area (Å²) < 4.78 is 0. The molecule has 3 unspecified atom stereocenters. The van der Waals surface area contributed by atoms with Gasteiger partial charge in [0.15, 0.2) is 0 Å². The monoisotopic (exact) mass is 177 g/mol. The molecule has 0 aromatic carbocycles. The van der Waals surface area contributed by atoms with Crippen LogP contribution in [0.3, 0.4) is 0 Å². The zero-order chi connectivity index (χ0) is 8.84. The van der Waals surface area contributed by atoms with Crippen LogP contribution in [0.5, 0.6) is 0 Å². The number of rotatable bonds is 1. The van der Waals surface area contributed by atoms with Crippen molar-refractivity contribution < 1.29 is 0 Å². The minimum Gasteiger partial charge on any atom is -0.313 e. The second-order valence-corrected chi connectivity index (χ2v) is 5.03. The van der Waals surface area contributed by atoms with E-state index in [0.29, 0.717) is 0 Å². The smallest absolute Gasteiger partial charge is 0.0139 e. The van der Waals surface area contributed by atoms with Gasteiger partial charge in [0.1, 0.15) is 0 Å². The van der Waals surface area contributed by atoms with Crippen molar-refractivity contribution in [2.75, 3.05) is 6.54 Å². The summed E-state index contributed by atoms with van der Waals surface area (Å²) in [7, 11) is 0. The van der Waals surface area contributed by atoms with E-state index in [9.17, 15) is 0 Å². The molecule has 72 valence electrons. The summed E-state index contributed by atoms with van der Waals surface area (Å²) in [5, 5.41) is 3.61. The third kappa shape index (κ3) is 1.10. The molecule has 2 aliphatic heterocycles. The molecule has 2 heterocycles. The lowest BCUT2D eigenvalue weighted by atomic mass is 9.69. The van der Waals surface area contributed by atoms with E-state index in [1.165, 1.54) is 38.6 Å². The summed E-state index contributed by atoms with van der Waals surface area (Å²) in [6, 6.07) is 0.859. The van der Waals surface area contributed by atoms with E-state index < -0.39 is 0 Å². The molecule has 1 heteroatoms. The van der Waals surface area contributed by atoms with Crippen LogP contribution in [-0.2, 0) is 0 Å². The predicted octanol–water partition coefficient (Wildman–Crippen LogP) is 2.48. The van der Waals surface area contributed by atoms with Gasteiger partial charge in [-0.25, -0.2) is 0 Å². The van der Waals surface area contributed by atoms with Crippen LogP contribution < -0.4 is 5.32 Å². The van der Waals surface area contributed by atoms with Crippen molar-refractivity contribution in [2.45, 2.75) is 45.1 Å². The van der Waals surface area contributed by atoms with Gasteiger partial charge in [-0.15, -0.1) is 0 Å². The maximum Gasteiger partial charge on any atom is 0.0139 e. The van der Waals surface area contributed by atoms with Gasteiger partial charge >= 0.3 is 0 Å². The highest BCUT2D eigenvalue weighted by Gasteiger charge is 2.47. The van der Waals surface area contributed by atoms with Crippen molar-refractivity contribution in [3.8, 4) is 0 Å². The summed E-state index contributed by atoms with van der Waals surface area (Å²) >= 11 is 0. The third-order valence-electron chi connectivity index (χ3n) is 4.41. The molecule has 3 atom stereocenters. The highest BCUT2D eigenvalue weighted by atomic mass is 15.0. The molecule has 2 bridgehead atoms. The maximum absolute atomic E-state index is 3.61. The van der Waals surface area contributed by atoms with Gasteiger partial charge in [-0.3, -0.25) is 0 Å². The molecule has 4 fully saturated rings. The summed E-state index contributed by atoms with van der Waals surface area (Å²) in [6.45, 7) is 3.69.